The summed E-state index contributed by atoms with van der Waals surface area (Å²) in [6.07, 6.45) is 0. The zero-order valence-corrected chi connectivity index (χ0v) is 52.3. The Hall–Kier alpha value is -10.2. The highest BCUT2D eigenvalue weighted by atomic mass is 15.2. The summed E-state index contributed by atoms with van der Waals surface area (Å²) in [6, 6.07) is 109. The maximum Gasteiger partial charge on any atom is 0.0620 e. The fourth-order valence-electron chi connectivity index (χ4n) is 13.6. The molecule has 0 aliphatic heterocycles. The van der Waals surface area contributed by atoms with Crippen LogP contribution in [0, 0.1) is 0 Å². The minimum atomic E-state index is -0.400. The Kier molecular flexibility index (Phi) is 14.9. The summed E-state index contributed by atoms with van der Waals surface area (Å²) in [7, 11) is 0. The van der Waals surface area contributed by atoms with Crippen molar-refractivity contribution in [2.24, 2.45) is 0 Å². The van der Waals surface area contributed by atoms with Crippen LogP contribution in [-0.4, -0.2) is 0 Å². The molecule has 3 nitrogen and oxygen atoms in total. The van der Waals surface area contributed by atoms with Crippen molar-refractivity contribution in [3.8, 4) is 44.5 Å². The van der Waals surface area contributed by atoms with Gasteiger partial charge in [0.2, 0.25) is 0 Å². The molecule has 0 amide bonds. The fraction of sp³-hybridized carbons (Fsp3) is 0.140. The lowest BCUT2D eigenvalue weighted by Crippen LogP contribution is -2.17. The fourth-order valence-corrected chi connectivity index (χ4v) is 13.6. The van der Waals surface area contributed by atoms with Crippen molar-refractivity contribution < 1.29 is 0 Å². The van der Waals surface area contributed by atoms with E-state index in [0.717, 1.165) is 62.0 Å². The molecular weight excluding hydrogens is 1070 g/mol. The van der Waals surface area contributed by atoms with E-state index in [1.54, 1.807) is 0 Å². The Morgan fingerprint density at radius 3 is 0.865 bits per heavy atom. The van der Waals surface area contributed by atoms with Crippen molar-refractivity contribution in [2.75, 3.05) is 14.7 Å². The lowest BCUT2D eigenvalue weighted by Gasteiger charge is -2.34. The van der Waals surface area contributed by atoms with Crippen molar-refractivity contribution >= 4 is 72.7 Å². The topological polar surface area (TPSA) is 9.72 Å². The van der Waals surface area contributed by atoms with Gasteiger partial charge in [-0.3, -0.25) is 0 Å². The third-order valence-electron chi connectivity index (χ3n) is 18.6. The first-order valence-electron chi connectivity index (χ1n) is 31.7. The number of hydrogen-bond donors (Lipinski definition) is 0. The Morgan fingerprint density at radius 2 is 0.517 bits per heavy atom. The van der Waals surface area contributed by atoms with Crippen molar-refractivity contribution in [3.05, 3.63) is 319 Å². The van der Waals surface area contributed by atoms with Crippen molar-refractivity contribution in [1.29, 1.82) is 0 Å². The molecule has 0 spiro atoms. The number of benzene rings is 13. The smallest absolute Gasteiger partial charge is 0.0620 e. The van der Waals surface area contributed by atoms with Crippen molar-refractivity contribution in [3.63, 3.8) is 0 Å². The molecule has 0 heterocycles. The van der Waals surface area contributed by atoms with Crippen LogP contribution >= 0.6 is 0 Å². The van der Waals surface area contributed by atoms with Gasteiger partial charge in [0.05, 0.1) is 11.4 Å². The predicted octanol–water partition coefficient (Wildman–Crippen LogP) is 25.1. The van der Waals surface area contributed by atoms with Gasteiger partial charge in [0.15, 0.2) is 0 Å². The first-order valence-corrected chi connectivity index (χ1v) is 31.7. The van der Waals surface area contributed by atoms with Gasteiger partial charge in [-0.15, -0.1) is 0 Å². The Balaban J connectivity index is 1.03. The van der Waals surface area contributed by atoms with E-state index in [2.05, 4.69) is 361 Å². The van der Waals surface area contributed by atoms with Gasteiger partial charge >= 0.3 is 0 Å². The van der Waals surface area contributed by atoms with E-state index in [9.17, 15) is 0 Å². The first-order chi connectivity index (χ1) is 43.4. The lowest BCUT2D eigenvalue weighted by atomic mass is 9.81. The van der Waals surface area contributed by atoms with Crippen LogP contribution in [0.4, 0.5) is 51.2 Å². The van der Waals surface area contributed by atoms with E-state index in [4.69, 9.17) is 0 Å². The second kappa shape index (κ2) is 23.5. The van der Waals surface area contributed by atoms with E-state index in [0.29, 0.717) is 17.8 Å². The molecule has 1 aliphatic rings. The van der Waals surface area contributed by atoms with E-state index in [-0.39, 0.29) is 0 Å². The molecule has 0 fully saturated rings. The van der Waals surface area contributed by atoms with Crippen LogP contribution in [0.15, 0.2) is 291 Å². The quantitative estimate of drug-likeness (QED) is 0.0748. The van der Waals surface area contributed by atoms with Gasteiger partial charge < -0.3 is 14.7 Å². The highest BCUT2D eigenvalue weighted by molar-refractivity contribution is 6.24. The predicted molar refractivity (Wildman–Crippen MR) is 382 cm³/mol. The molecule has 13 aromatic carbocycles. The summed E-state index contributed by atoms with van der Waals surface area (Å²) in [5.41, 5.74) is 25.8. The van der Waals surface area contributed by atoms with Gasteiger partial charge in [0.1, 0.15) is 0 Å². The molecule has 14 rings (SSSR count). The van der Waals surface area contributed by atoms with Gasteiger partial charge in [-0.2, -0.15) is 0 Å². The van der Waals surface area contributed by atoms with E-state index >= 15 is 0 Å². The Bertz CT molecular complexity index is 4640. The highest BCUT2D eigenvalue weighted by Crippen LogP contribution is 2.57. The monoisotopic (exact) mass is 1150 g/mol. The standard InChI is InChI=1S/C86H75N3/c1-57(2)60-28-40-69(41-29-60)87(70-46-34-66(35-47-70)63-20-12-9-13-21-63)75-52-53-76-79-55-80-81(56-83(79)86(7,8)82(76)54-75)85(89(72-44-32-62(33-45-72)59(5)6)74-50-38-68(39-51-74)65-24-16-11-17-25-65)78-27-19-18-26-77(78)84(80)88(71-42-30-61(31-43-71)58(3)4)73-48-36-67(37-49-73)64-22-14-10-15-23-64/h9-59H,1-8H3. The highest BCUT2D eigenvalue weighted by Gasteiger charge is 2.38. The van der Waals surface area contributed by atoms with Crippen LogP contribution in [0.3, 0.4) is 0 Å². The van der Waals surface area contributed by atoms with Crippen LogP contribution in [0.5, 0.6) is 0 Å². The molecule has 3 heteroatoms. The molecule has 0 saturated heterocycles. The van der Waals surface area contributed by atoms with Crippen LogP contribution in [0.2, 0.25) is 0 Å². The molecule has 434 valence electrons. The summed E-state index contributed by atoms with van der Waals surface area (Å²) < 4.78 is 0. The van der Waals surface area contributed by atoms with E-state index < -0.39 is 5.41 Å². The molecule has 0 atom stereocenters. The molecule has 0 radical (unpaired) electrons. The van der Waals surface area contributed by atoms with Gasteiger partial charge in [-0.1, -0.05) is 250 Å². The lowest BCUT2D eigenvalue weighted by molar-refractivity contribution is 0.661. The number of anilines is 9. The zero-order valence-electron chi connectivity index (χ0n) is 52.3. The minimum Gasteiger partial charge on any atom is -0.310 e. The van der Waals surface area contributed by atoms with Crippen LogP contribution in [0.25, 0.3) is 66.1 Å². The van der Waals surface area contributed by atoms with Crippen LogP contribution < -0.4 is 14.7 Å². The average molecular weight is 1150 g/mol. The number of fused-ring (bicyclic) bond motifs is 5. The van der Waals surface area contributed by atoms with Crippen LogP contribution in [0.1, 0.15) is 101 Å². The molecule has 89 heavy (non-hydrogen) atoms. The largest absolute Gasteiger partial charge is 0.310 e. The van der Waals surface area contributed by atoms with Gasteiger partial charge in [-0.05, 0) is 187 Å². The Labute approximate surface area is 526 Å². The number of hydrogen-bond acceptors (Lipinski definition) is 3. The van der Waals surface area contributed by atoms with Crippen molar-refractivity contribution in [1.82, 2.24) is 0 Å². The second-order valence-electron chi connectivity index (χ2n) is 25.5. The number of rotatable bonds is 15. The Morgan fingerprint density at radius 1 is 0.236 bits per heavy atom. The van der Waals surface area contributed by atoms with Crippen molar-refractivity contribution in [2.45, 2.75) is 78.6 Å². The molecule has 0 saturated carbocycles. The maximum absolute atomic E-state index is 2.58. The zero-order chi connectivity index (χ0) is 60.9. The third kappa shape index (κ3) is 10.5. The molecule has 0 bridgehead atoms. The summed E-state index contributed by atoms with van der Waals surface area (Å²) in [6.45, 7) is 18.5. The van der Waals surface area contributed by atoms with Gasteiger partial charge in [0, 0.05) is 66.8 Å². The molecular formula is C86H75N3. The number of nitrogens with zero attached hydrogens (tertiary/aromatic N) is 3. The van der Waals surface area contributed by atoms with Crippen LogP contribution in [-0.2, 0) is 5.41 Å². The maximum atomic E-state index is 2.58. The average Bonchev–Trinajstić information content (AvgIpc) is 1.72. The molecule has 0 aromatic heterocycles. The first kappa shape index (κ1) is 56.6. The minimum absolute atomic E-state index is 0.384. The SMILES string of the molecule is CC(C)c1ccc(N(c2ccc(-c3ccccc3)cc2)c2ccc3c(c2)C(C)(C)c2cc4c(N(c5ccc(-c6ccccc6)cc5)c5ccc(C(C)C)cc5)c5ccccc5c(N(c5ccc(-c6ccccc6)cc5)c5ccc(C(C)C)cc5)c4cc2-3)cc1. The van der Waals surface area contributed by atoms with E-state index in [1.165, 1.54) is 83.1 Å². The summed E-state index contributed by atoms with van der Waals surface area (Å²) in [5.74, 6) is 1.19. The van der Waals surface area contributed by atoms with Gasteiger partial charge in [0.25, 0.3) is 0 Å². The summed E-state index contributed by atoms with van der Waals surface area (Å²) in [4.78, 5) is 7.51. The second-order valence-corrected chi connectivity index (χ2v) is 25.5. The summed E-state index contributed by atoms with van der Waals surface area (Å²) >= 11 is 0. The third-order valence-corrected chi connectivity index (χ3v) is 18.6. The van der Waals surface area contributed by atoms with E-state index in [1.807, 2.05) is 0 Å². The molecule has 0 unspecified atom stereocenters. The summed E-state index contributed by atoms with van der Waals surface area (Å²) in [5, 5.41) is 4.66. The van der Waals surface area contributed by atoms with Gasteiger partial charge in [-0.25, -0.2) is 0 Å². The molecule has 0 N–H and O–H groups in total. The molecule has 1 aliphatic carbocycles. The normalized spacial score (nSPS) is 12.4. The molecule has 13 aromatic rings.